The highest BCUT2D eigenvalue weighted by molar-refractivity contribution is 5.22. The first-order valence-corrected chi connectivity index (χ1v) is 6.61. The molecule has 2 aromatic rings. The minimum atomic E-state index is 0.109. The lowest BCUT2D eigenvalue weighted by atomic mass is 10.1. The number of nitrogens with zero attached hydrogens (tertiary/aromatic N) is 1. The Morgan fingerprint density at radius 3 is 2.32 bits per heavy atom. The molecule has 100 valence electrons. The Labute approximate surface area is 114 Å². The van der Waals surface area contributed by atoms with Crippen LogP contribution < -0.4 is 5.32 Å². The van der Waals surface area contributed by atoms with Crippen molar-refractivity contribution in [2.75, 3.05) is 6.54 Å². The van der Waals surface area contributed by atoms with E-state index in [1.54, 1.807) is 0 Å². The summed E-state index contributed by atoms with van der Waals surface area (Å²) in [5.41, 5.74) is 3.50. The molecular formula is C16H20N2O. The van der Waals surface area contributed by atoms with Gasteiger partial charge in [0.2, 0.25) is 0 Å². The zero-order valence-corrected chi connectivity index (χ0v) is 11.2. The second-order valence-electron chi connectivity index (χ2n) is 4.68. The molecule has 19 heavy (non-hydrogen) atoms. The maximum atomic E-state index is 8.99. The van der Waals surface area contributed by atoms with Gasteiger partial charge in [-0.2, -0.15) is 0 Å². The Bertz CT molecular complexity index is 482. The predicted octanol–water partition coefficient (Wildman–Crippen LogP) is 2.47. The van der Waals surface area contributed by atoms with E-state index >= 15 is 0 Å². The van der Waals surface area contributed by atoms with Crippen LogP contribution in [0, 0.1) is 0 Å². The Kier molecular flexibility index (Phi) is 5.07. The monoisotopic (exact) mass is 256 g/mol. The van der Waals surface area contributed by atoms with Crippen molar-refractivity contribution in [2.24, 2.45) is 0 Å². The second kappa shape index (κ2) is 7.02. The molecule has 0 radical (unpaired) electrons. The summed E-state index contributed by atoms with van der Waals surface area (Å²) < 4.78 is 0. The van der Waals surface area contributed by atoms with Gasteiger partial charge in [0.15, 0.2) is 0 Å². The van der Waals surface area contributed by atoms with E-state index in [0.29, 0.717) is 6.04 Å². The van der Waals surface area contributed by atoms with Gasteiger partial charge in [0.25, 0.3) is 0 Å². The Balaban J connectivity index is 1.79. The van der Waals surface area contributed by atoms with Gasteiger partial charge in [-0.3, -0.25) is 4.98 Å². The zero-order valence-electron chi connectivity index (χ0n) is 11.2. The van der Waals surface area contributed by atoms with Gasteiger partial charge in [-0.05, 0) is 48.7 Å². The summed E-state index contributed by atoms with van der Waals surface area (Å²) in [6.07, 6.45) is 4.63. The minimum Gasteiger partial charge on any atom is -0.392 e. The standard InChI is InChI=1S/C16H20N2O/c1-13(16-7-9-17-10-8-16)18-11-6-14-2-4-15(12-19)5-3-14/h2-5,7-10,13,18-19H,6,11-12H2,1H3. The van der Waals surface area contributed by atoms with Gasteiger partial charge in [0.05, 0.1) is 6.61 Å². The molecule has 0 aliphatic heterocycles. The molecule has 1 aromatic heterocycles. The molecule has 0 aliphatic carbocycles. The lowest BCUT2D eigenvalue weighted by Gasteiger charge is -2.14. The summed E-state index contributed by atoms with van der Waals surface area (Å²) in [5.74, 6) is 0. The second-order valence-corrected chi connectivity index (χ2v) is 4.68. The summed E-state index contributed by atoms with van der Waals surface area (Å²) >= 11 is 0. The molecule has 2 rings (SSSR count). The smallest absolute Gasteiger partial charge is 0.0681 e. The van der Waals surface area contributed by atoms with Crippen LogP contribution in [-0.2, 0) is 13.0 Å². The maximum absolute atomic E-state index is 8.99. The molecule has 0 fully saturated rings. The van der Waals surface area contributed by atoms with Crippen molar-refractivity contribution in [2.45, 2.75) is 26.0 Å². The minimum absolute atomic E-state index is 0.109. The van der Waals surface area contributed by atoms with Crippen molar-refractivity contribution in [3.05, 3.63) is 65.5 Å². The summed E-state index contributed by atoms with van der Waals surface area (Å²) in [5, 5.41) is 12.5. The molecule has 1 unspecified atom stereocenters. The van der Waals surface area contributed by atoms with Crippen molar-refractivity contribution in [3.63, 3.8) is 0 Å². The number of aromatic nitrogens is 1. The Hall–Kier alpha value is -1.71. The van der Waals surface area contributed by atoms with E-state index < -0.39 is 0 Å². The van der Waals surface area contributed by atoms with E-state index in [4.69, 9.17) is 5.11 Å². The average Bonchev–Trinajstić information content (AvgIpc) is 2.49. The number of pyridine rings is 1. The SMILES string of the molecule is CC(NCCc1ccc(CO)cc1)c1ccncc1. The van der Waals surface area contributed by atoms with Crippen LogP contribution in [0.5, 0.6) is 0 Å². The topological polar surface area (TPSA) is 45.1 Å². The van der Waals surface area contributed by atoms with Crippen molar-refractivity contribution < 1.29 is 5.11 Å². The van der Waals surface area contributed by atoms with Crippen molar-refractivity contribution in [3.8, 4) is 0 Å². The summed E-state index contributed by atoms with van der Waals surface area (Å²) in [6, 6.07) is 12.5. The molecule has 3 nitrogen and oxygen atoms in total. The maximum Gasteiger partial charge on any atom is 0.0681 e. The molecule has 0 saturated carbocycles. The fraction of sp³-hybridized carbons (Fsp3) is 0.312. The molecule has 2 N–H and O–H groups in total. The van der Waals surface area contributed by atoms with Crippen LogP contribution in [0.15, 0.2) is 48.8 Å². The molecule has 0 aliphatic rings. The van der Waals surface area contributed by atoms with E-state index in [2.05, 4.69) is 29.4 Å². The van der Waals surface area contributed by atoms with E-state index in [-0.39, 0.29) is 6.61 Å². The van der Waals surface area contributed by atoms with Crippen LogP contribution in [-0.4, -0.2) is 16.6 Å². The Morgan fingerprint density at radius 1 is 1.05 bits per heavy atom. The highest BCUT2D eigenvalue weighted by atomic mass is 16.3. The predicted molar refractivity (Wildman–Crippen MR) is 76.7 cm³/mol. The third-order valence-electron chi connectivity index (χ3n) is 3.28. The number of nitrogens with one attached hydrogen (secondary N) is 1. The van der Waals surface area contributed by atoms with E-state index in [1.165, 1.54) is 11.1 Å². The number of rotatable bonds is 6. The molecule has 0 bridgehead atoms. The number of hydrogen-bond donors (Lipinski definition) is 2. The van der Waals surface area contributed by atoms with E-state index in [0.717, 1.165) is 18.5 Å². The normalized spacial score (nSPS) is 12.3. The van der Waals surface area contributed by atoms with Crippen molar-refractivity contribution in [1.29, 1.82) is 0 Å². The molecule has 1 aromatic carbocycles. The highest BCUT2D eigenvalue weighted by Crippen LogP contribution is 2.10. The number of benzene rings is 1. The average molecular weight is 256 g/mol. The molecular weight excluding hydrogens is 236 g/mol. The fourth-order valence-corrected chi connectivity index (χ4v) is 2.01. The summed E-state index contributed by atoms with van der Waals surface area (Å²) in [4.78, 5) is 4.02. The molecule has 1 atom stereocenters. The first-order valence-electron chi connectivity index (χ1n) is 6.61. The first kappa shape index (κ1) is 13.7. The number of hydrogen-bond acceptors (Lipinski definition) is 3. The molecule has 0 saturated heterocycles. The van der Waals surface area contributed by atoms with Crippen LogP contribution in [0.1, 0.15) is 29.7 Å². The number of aliphatic hydroxyl groups is 1. The molecule has 0 spiro atoms. The molecule has 3 heteroatoms. The van der Waals surface area contributed by atoms with Gasteiger partial charge in [0.1, 0.15) is 0 Å². The van der Waals surface area contributed by atoms with Gasteiger partial charge in [-0.15, -0.1) is 0 Å². The van der Waals surface area contributed by atoms with Crippen LogP contribution in [0.3, 0.4) is 0 Å². The lowest BCUT2D eigenvalue weighted by molar-refractivity contribution is 0.282. The molecule has 0 amide bonds. The fourth-order valence-electron chi connectivity index (χ4n) is 2.01. The van der Waals surface area contributed by atoms with Crippen LogP contribution in [0.2, 0.25) is 0 Å². The summed E-state index contributed by atoms with van der Waals surface area (Å²) in [6.45, 7) is 3.20. The third-order valence-corrected chi connectivity index (χ3v) is 3.28. The first-order chi connectivity index (χ1) is 9.29. The quantitative estimate of drug-likeness (QED) is 0.834. The van der Waals surface area contributed by atoms with Gasteiger partial charge >= 0.3 is 0 Å². The van der Waals surface area contributed by atoms with Crippen LogP contribution in [0.25, 0.3) is 0 Å². The van der Waals surface area contributed by atoms with Gasteiger partial charge in [-0.25, -0.2) is 0 Å². The largest absolute Gasteiger partial charge is 0.392 e. The Morgan fingerprint density at radius 2 is 1.68 bits per heavy atom. The van der Waals surface area contributed by atoms with E-state index in [1.807, 2.05) is 36.7 Å². The summed E-state index contributed by atoms with van der Waals surface area (Å²) in [7, 11) is 0. The molecule has 1 heterocycles. The van der Waals surface area contributed by atoms with Gasteiger partial charge in [0, 0.05) is 18.4 Å². The van der Waals surface area contributed by atoms with Gasteiger partial charge < -0.3 is 10.4 Å². The zero-order chi connectivity index (χ0) is 13.5. The third kappa shape index (κ3) is 4.16. The lowest BCUT2D eigenvalue weighted by Crippen LogP contribution is -2.21. The van der Waals surface area contributed by atoms with Crippen LogP contribution in [0.4, 0.5) is 0 Å². The van der Waals surface area contributed by atoms with Gasteiger partial charge in [-0.1, -0.05) is 24.3 Å². The van der Waals surface area contributed by atoms with Crippen LogP contribution >= 0.6 is 0 Å². The van der Waals surface area contributed by atoms with Crippen molar-refractivity contribution >= 4 is 0 Å². The number of aliphatic hydroxyl groups excluding tert-OH is 1. The highest BCUT2D eigenvalue weighted by Gasteiger charge is 2.03. The van der Waals surface area contributed by atoms with E-state index in [9.17, 15) is 0 Å². The van der Waals surface area contributed by atoms with Crippen molar-refractivity contribution in [1.82, 2.24) is 10.3 Å².